The van der Waals surface area contributed by atoms with Crippen LogP contribution in [0.5, 0.6) is 5.75 Å². The molecule has 0 fully saturated rings. The number of phenolic OH excluding ortho intramolecular Hbond substituents is 1. The summed E-state index contributed by atoms with van der Waals surface area (Å²) in [5.74, 6) is -0.962. The van der Waals surface area contributed by atoms with Crippen LogP contribution in [0.3, 0.4) is 0 Å². The van der Waals surface area contributed by atoms with E-state index in [1.165, 1.54) is 35.2 Å². The number of esters is 1. The summed E-state index contributed by atoms with van der Waals surface area (Å²) in [5, 5.41) is 17.1. The van der Waals surface area contributed by atoms with Crippen LogP contribution in [0.25, 0.3) is 23.4 Å². The monoisotopic (exact) mass is 445 g/mol. The molecule has 0 radical (unpaired) electrons. The van der Waals surface area contributed by atoms with E-state index in [0.29, 0.717) is 11.3 Å². The number of carbonyl (C=O) groups excluding carboxylic acids is 3. The fourth-order valence-electron chi connectivity index (χ4n) is 3.03. The van der Waals surface area contributed by atoms with Gasteiger partial charge in [0.05, 0.1) is 24.9 Å². The smallest absolute Gasteiger partial charge is 0.327 e. The molecule has 0 amide bonds. The molecular formula is C25H23N3O5. The van der Waals surface area contributed by atoms with Gasteiger partial charge in [-0.05, 0) is 42.3 Å². The maximum Gasteiger partial charge on any atom is 0.327 e. The Bertz CT molecular complexity index is 1190. The van der Waals surface area contributed by atoms with E-state index < -0.39 is 5.97 Å². The topological polar surface area (TPSA) is 111 Å². The minimum absolute atomic E-state index is 0.0813. The number of benzene rings is 2. The van der Waals surface area contributed by atoms with Gasteiger partial charge in [-0.3, -0.25) is 14.4 Å². The third kappa shape index (κ3) is 6.83. The van der Waals surface area contributed by atoms with Crippen LogP contribution in [0.15, 0.2) is 66.9 Å². The van der Waals surface area contributed by atoms with Gasteiger partial charge in [0, 0.05) is 5.56 Å². The van der Waals surface area contributed by atoms with Crippen molar-refractivity contribution in [3.8, 4) is 17.0 Å². The highest BCUT2D eigenvalue weighted by atomic mass is 16.5. The zero-order valence-corrected chi connectivity index (χ0v) is 18.0. The second-order valence-corrected chi connectivity index (χ2v) is 7.04. The number of carbonyl (C=O) groups is 3. The highest BCUT2D eigenvalue weighted by Gasteiger charge is 2.13. The van der Waals surface area contributed by atoms with Crippen LogP contribution < -0.4 is 0 Å². The highest BCUT2D eigenvalue weighted by Crippen LogP contribution is 2.24. The Hall–Kier alpha value is -4.33. The first-order valence-electron chi connectivity index (χ1n) is 10.3. The number of allylic oxidation sites excluding steroid dienone is 2. The third-order valence-electron chi connectivity index (χ3n) is 4.59. The molecule has 0 bridgehead atoms. The highest BCUT2D eigenvalue weighted by molar-refractivity contribution is 6.11. The van der Waals surface area contributed by atoms with Crippen LogP contribution in [0.1, 0.15) is 24.5 Å². The summed E-state index contributed by atoms with van der Waals surface area (Å²) >= 11 is 0. The SMILES string of the molecule is CCOC(=O)Cn1nncc1-c1ccccc1/C=C/C(=O)CC(=O)/C=C/c1ccc(O)cc1. The average molecular weight is 445 g/mol. The molecule has 0 saturated heterocycles. The number of aromatic hydroxyl groups is 1. The molecule has 1 aromatic heterocycles. The summed E-state index contributed by atoms with van der Waals surface area (Å²) in [4.78, 5) is 36.2. The van der Waals surface area contributed by atoms with Crippen LogP contribution in [-0.4, -0.2) is 44.2 Å². The molecule has 1 N–H and O–H groups in total. The van der Waals surface area contributed by atoms with Crippen LogP contribution in [0.2, 0.25) is 0 Å². The molecule has 0 spiro atoms. The van der Waals surface area contributed by atoms with Gasteiger partial charge in [0.2, 0.25) is 0 Å². The van der Waals surface area contributed by atoms with Gasteiger partial charge in [0.15, 0.2) is 11.6 Å². The van der Waals surface area contributed by atoms with Crippen molar-refractivity contribution >= 4 is 29.7 Å². The summed E-state index contributed by atoms with van der Waals surface area (Å²) in [6, 6.07) is 13.7. The molecule has 3 rings (SSSR count). The summed E-state index contributed by atoms with van der Waals surface area (Å²) in [7, 11) is 0. The van der Waals surface area contributed by atoms with E-state index in [9.17, 15) is 19.5 Å². The fourth-order valence-corrected chi connectivity index (χ4v) is 3.03. The number of nitrogens with zero attached hydrogens (tertiary/aromatic N) is 3. The number of phenols is 1. The van der Waals surface area contributed by atoms with Gasteiger partial charge in [-0.15, -0.1) is 5.10 Å². The van der Waals surface area contributed by atoms with Gasteiger partial charge < -0.3 is 9.84 Å². The van der Waals surface area contributed by atoms with Crippen LogP contribution in [-0.2, 0) is 25.7 Å². The maximum atomic E-state index is 12.3. The first kappa shape index (κ1) is 23.3. The number of hydrogen-bond acceptors (Lipinski definition) is 7. The van der Waals surface area contributed by atoms with Gasteiger partial charge in [0.1, 0.15) is 12.3 Å². The second kappa shape index (κ2) is 11.3. The van der Waals surface area contributed by atoms with E-state index in [4.69, 9.17) is 4.74 Å². The molecule has 0 atom stereocenters. The Balaban J connectivity index is 1.68. The van der Waals surface area contributed by atoms with Crippen molar-refractivity contribution in [3.63, 3.8) is 0 Å². The minimum atomic E-state index is -0.425. The van der Waals surface area contributed by atoms with E-state index >= 15 is 0 Å². The second-order valence-electron chi connectivity index (χ2n) is 7.04. The molecule has 3 aromatic rings. The van der Waals surface area contributed by atoms with E-state index in [0.717, 1.165) is 11.1 Å². The standard InChI is InChI=1S/C25H23N3O5/c1-2-33-25(32)17-28-24(16-26-27-28)23-6-4-3-5-19(23)10-14-22(31)15-21(30)13-9-18-7-11-20(29)12-8-18/h3-14,16,29H,2,15,17H2,1H3/b13-9+,14-10+. The molecule has 1 heterocycles. The molecule has 0 saturated carbocycles. The quantitative estimate of drug-likeness (QED) is 0.289. The molecule has 33 heavy (non-hydrogen) atoms. The third-order valence-corrected chi connectivity index (χ3v) is 4.59. The predicted octanol–water partition coefficient (Wildman–Crippen LogP) is 3.47. The lowest BCUT2D eigenvalue weighted by molar-refractivity contribution is -0.144. The molecule has 168 valence electrons. The van der Waals surface area contributed by atoms with Gasteiger partial charge in [-0.2, -0.15) is 0 Å². The fraction of sp³-hybridized carbons (Fsp3) is 0.160. The Labute approximate surface area is 190 Å². The van der Waals surface area contributed by atoms with E-state index in [2.05, 4.69) is 10.3 Å². The number of ketones is 2. The number of hydrogen-bond donors (Lipinski definition) is 1. The molecule has 0 unspecified atom stereocenters. The van der Waals surface area contributed by atoms with Crippen molar-refractivity contribution in [2.24, 2.45) is 0 Å². The summed E-state index contributed by atoms with van der Waals surface area (Å²) in [6.07, 6.45) is 7.17. The van der Waals surface area contributed by atoms with E-state index in [1.54, 1.807) is 31.2 Å². The molecular weight excluding hydrogens is 422 g/mol. The maximum absolute atomic E-state index is 12.3. The first-order chi connectivity index (χ1) is 16.0. The molecule has 0 aliphatic carbocycles. The lowest BCUT2D eigenvalue weighted by Crippen LogP contribution is -2.15. The van der Waals surface area contributed by atoms with Crippen LogP contribution >= 0.6 is 0 Å². The molecule has 8 heteroatoms. The normalized spacial score (nSPS) is 11.2. The van der Waals surface area contributed by atoms with Gasteiger partial charge in [0.25, 0.3) is 0 Å². The van der Waals surface area contributed by atoms with E-state index in [1.807, 2.05) is 24.3 Å². The van der Waals surface area contributed by atoms with Crippen LogP contribution in [0.4, 0.5) is 0 Å². The van der Waals surface area contributed by atoms with Gasteiger partial charge >= 0.3 is 5.97 Å². The zero-order chi connectivity index (χ0) is 23.6. The average Bonchev–Trinajstić information content (AvgIpc) is 3.25. The van der Waals surface area contributed by atoms with Crippen molar-refractivity contribution in [3.05, 3.63) is 78.0 Å². The lowest BCUT2D eigenvalue weighted by atomic mass is 10.0. The van der Waals surface area contributed by atoms with Crippen molar-refractivity contribution in [1.29, 1.82) is 0 Å². The summed E-state index contributed by atoms with van der Waals surface area (Å²) in [6.45, 7) is 1.92. The molecule has 2 aromatic carbocycles. The van der Waals surface area contributed by atoms with Gasteiger partial charge in [-0.1, -0.05) is 53.8 Å². The zero-order valence-electron chi connectivity index (χ0n) is 18.0. The Morgan fingerprint density at radius 3 is 2.42 bits per heavy atom. The Kier molecular flexibility index (Phi) is 8.02. The number of ether oxygens (including phenoxy) is 1. The summed E-state index contributed by atoms with van der Waals surface area (Å²) in [5.41, 5.74) is 2.79. The molecule has 8 nitrogen and oxygen atoms in total. The first-order valence-corrected chi connectivity index (χ1v) is 10.3. The van der Waals surface area contributed by atoms with Crippen molar-refractivity contribution in [2.45, 2.75) is 19.9 Å². The predicted molar refractivity (Wildman–Crippen MR) is 123 cm³/mol. The van der Waals surface area contributed by atoms with E-state index in [-0.39, 0.29) is 36.9 Å². The minimum Gasteiger partial charge on any atom is -0.508 e. The number of rotatable bonds is 10. The molecule has 0 aliphatic heterocycles. The van der Waals surface area contributed by atoms with Crippen LogP contribution in [0, 0.1) is 0 Å². The Morgan fingerprint density at radius 2 is 1.70 bits per heavy atom. The largest absolute Gasteiger partial charge is 0.508 e. The molecule has 0 aliphatic rings. The van der Waals surface area contributed by atoms with Crippen molar-refractivity contribution in [2.75, 3.05) is 6.61 Å². The summed E-state index contributed by atoms with van der Waals surface area (Å²) < 4.78 is 6.41. The number of aromatic nitrogens is 3. The van der Waals surface area contributed by atoms with Crippen molar-refractivity contribution in [1.82, 2.24) is 15.0 Å². The van der Waals surface area contributed by atoms with Crippen molar-refractivity contribution < 1.29 is 24.2 Å². The Morgan fingerprint density at radius 1 is 1.00 bits per heavy atom. The lowest BCUT2D eigenvalue weighted by Gasteiger charge is -2.08. The van der Waals surface area contributed by atoms with Gasteiger partial charge in [-0.25, -0.2) is 4.68 Å².